The van der Waals surface area contributed by atoms with Crippen LogP contribution in [-0.2, 0) is 4.79 Å². The molecular weight excluding hydrogens is 260 g/mol. The van der Waals surface area contributed by atoms with E-state index in [0.29, 0.717) is 0 Å². The summed E-state index contributed by atoms with van der Waals surface area (Å²) in [6.45, 7) is 4.51. The van der Waals surface area contributed by atoms with E-state index < -0.39 is 0 Å². The van der Waals surface area contributed by atoms with Crippen molar-refractivity contribution in [3.05, 3.63) is 0 Å². The predicted octanol–water partition coefficient (Wildman–Crippen LogP) is 3.01. The fraction of sp³-hybridized carbons (Fsp3) is 0.933. The summed E-state index contributed by atoms with van der Waals surface area (Å²) in [4.78, 5) is 12.3. The molecule has 0 aliphatic heterocycles. The molecule has 2 unspecified atom stereocenters. The first-order valence-electron chi connectivity index (χ1n) is 7.56. The molecule has 1 amide bonds. The number of nitrogens with two attached hydrogens (primary N) is 1. The van der Waals surface area contributed by atoms with Gasteiger partial charge in [0.15, 0.2) is 0 Å². The minimum absolute atomic E-state index is 0. The molecule has 0 aromatic heterocycles. The second-order valence-corrected chi connectivity index (χ2v) is 6.86. The fourth-order valence-electron chi connectivity index (χ4n) is 3.39. The van der Waals surface area contributed by atoms with Crippen LogP contribution in [0, 0.1) is 11.8 Å². The fourth-order valence-corrected chi connectivity index (χ4v) is 3.39. The van der Waals surface area contributed by atoms with Gasteiger partial charge >= 0.3 is 0 Å². The second kappa shape index (κ2) is 6.94. The van der Waals surface area contributed by atoms with Crippen LogP contribution in [-0.4, -0.2) is 17.5 Å². The Labute approximate surface area is 123 Å². The normalized spacial score (nSPS) is 39.2. The molecule has 112 valence electrons. The Bertz CT molecular complexity index is 301. The van der Waals surface area contributed by atoms with Crippen molar-refractivity contribution in [2.45, 2.75) is 76.8 Å². The maximum Gasteiger partial charge on any atom is 0.223 e. The summed E-state index contributed by atoms with van der Waals surface area (Å²) in [5.41, 5.74) is 6.00. The summed E-state index contributed by atoms with van der Waals surface area (Å²) < 4.78 is 0. The summed E-state index contributed by atoms with van der Waals surface area (Å²) >= 11 is 0. The van der Waals surface area contributed by atoms with Crippen LogP contribution in [0.1, 0.15) is 65.2 Å². The van der Waals surface area contributed by atoms with Gasteiger partial charge in [0.2, 0.25) is 5.91 Å². The van der Waals surface area contributed by atoms with E-state index in [4.69, 9.17) is 5.73 Å². The molecule has 19 heavy (non-hydrogen) atoms. The van der Waals surface area contributed by atoms with Gasteiger partial charge in [-0.15, -0.1) is 12.4 Å². The highest BCUT2D eigenvalue weighted by molar-refractivity contribution is 5.85. The number of hydrogen-bond donors (Lipinski definition) is 2. The molecule has 2 saturated carbocycles. The summed E-state index contributed by atoms with van der Waals surface area (Å²) in [6, 6.07) is 0.230. The first kappa shape index (κ1) is 16.8. The van der Waals surface area contributed by atoms with Gasteiger partial charge in [0.25, 0.3) is 0 Å². The highest BCUT2D eigenvalue weighted by Crippen LogP contribution is 2.32. The van der Waals surface area contributed by atoms with E-state index in [2.05, 4.69) is 19.2 Å². The lowest BCUT2D eigenvalue weighted by Gasteiger charge is -2.38. The van der Waals surface area contributed by atoms with Crippen molar-refractivity contribution in [2.75, 3.05) is 0 Å². The quantitative estimate of drug-likeness (QED) is 0.821. The Morgan fingerprint density at radius 2 is 1.84 bits per heavy atom. The molecule has 3 nitrogen and oxygen atoms in total. The van der Waals surface area contributed by atoms with Crippen molar-refractivity contribution in [3.8, 4) is 0 Å². The van der Waals surface area contributed by atoms with Crippen LogP contribution in [0.25, 0.3) is 0 Å². The van der Waals surface area contributed by atoms with Crippen LogP contribution >= 0.6 is 12.4 Å². The molecule has 2 rings (SSSR count). The smallest absolute Gasteiger partial charge is 0.223 e. The van der Waals surface area contributed by atoms with Gasteiger partial charge in [-0.2, -0.15) is 0 Å². The van der Waals surface area contributed by atoms with Crippen LogP contribution in [0.3, 0.4) is 0 Å². The molecule has 0 radical (unpaired) electrons. The zero-order chi connectivity index (χ0) is 13.2. The van der Waals surface area contributed by atoms with Gasteiger partial charge in [-0.05, 0) is 57.8 Å². The van der Waals surface area contributed by atoms with Gasteiger partial charge < -0.3 is 11.1 Å². The molecule has 2 fully saturated rings. The Hall–Kier alpha value is -0.280. The van der Waals surface area contributed by atoms with Crippen LogP contribution in [0.2, 0.25) is 0 Å². The minimum Gasteiger partial charge on any atom is -0.351 e. The van der Waals surface area contributed by atoms with E-state index in [0.717, 1.165) is 44.4 Å². The van der Waals surface area contributed by atoms with Crippen molar-refractivity contribution in [3.63, 3.8) is 0 Å². The Morgan fingerprint density at radius 1 is 1.21 bits per heavy atom. The second-order valence-electron chi connectivity index (χ2n) is 6.86. The van der Waals surface area contributed by atoms with Crippen LogP contribution < -0.4 is 11.1 Å². The predicted molar refractivity (Wildman–Crippen MR) is 81.4 cm³/mol. The van der Waals surface area contributed by atoms with Crippen molar-refractivity contribution < 1.29 is 4.79 Å². The first-order chi connectivity index (χ1) is 8.48. The summed E-state index contributed by atoms with van der Waals surface area (Å²) in [6.07, 6.45) is 8.80. The highest BCUT2D eigenvalue weighted by Gasteiger charge is 2.34. The maximum absolute atomic E-state index is 12.3. The average Bonchev–Trinajstić information content (AvgIpc) is 2.33. The number of hydrogen-bond acceptors (Lipinski definition) is 2. The van der Waals surface area contributed by atoms with E-state index in [-0.39, 0.29) is 35.8 Å². The lowest BCUT2D eigenvalue weighted by Crippen LogP contribution is -2.51. The van der Waals surface area contributed by atoms with E-state index in [1.54, 1.807) is 0 Å². The standard InChI is InChI=1S/C15H28N2O.ClH/c1-11-6-8-15(2,9-7-11)17-14(18)12-4-3-5-13(16)10-12;/h11-13H,3-10,16H2,1-2H3,(H,17,18);1H. The first-order valence-corrected chi connectivity index (χ1v) is 7.56. The number of rotatable bonds is 2. The molecule has 0 aromatic carbocycles. The van der Waals surface area contributed by atoms with Crippen LogP contribution in [0.5, 0.6) is 0 Å². The molecule has 0 saturated heterocycles. The largest absolute Gasteiger partial charge is 0.351 e. The third-order valence-corrected chi connectivity index (χ3v) is 4.89. The molecule has 0 spiro atoms. The number of amides is 1. The highest BCUT2D eigenvalue weighted by atomic mass is 35.5. The molecule has 3 N–H and O–H groups in total. The van der Waals surface area contributed by atoms with E-state index in [1.807, 2.05) is 0 Å². The average molecular weight is 289 g/mol. The zero-order valence-electron chi connectivity index (χ0n) is 12.3. The van der Waals surface area contributed by atoms with Crippen LogP contribution in [0.15, 0.2) is 0 Å². The summed E-state index contributed by atoms with van der Waals surface area (Å²) in [7, 11) is 0. The molecule has 0 bridgehead atoms. The molecule has 2 aliphatic carbocycles. The zero-order valence-corrected chi connectivity index (χ0v) is 13.1. The van der Waals surface area contributed by atoms with Crippen molar-refractivity contribution in [2.24, 2.45) is 17.6 Å². The summed E-state index contributed by atoms with van der Waals surface area (Å²) in [5.74, 6) is 1.23. The topological polar surface area (TPSA) is 55.1 Å². The van der Waals surface area contributed by atoms with Crippen molar-refractivity contribution in [1.29, 1.82) is 0 Å². The molecule has 2 atom stereocenters. The third-order valence-electron chi connectivity index (χ3n) is 4.89. The number of carbonyl (C=O) groups excluding carboxylic acids is 1. The van der Waals surface area contributed by atoms with Gasteiger partial charge in [0, 0.05) is 17.5 Å². The number of carbonyl (C=O) groups is 1. The lowest BCUT2D eigenvalue weighted by atomic mass is 9.77. The lowest BCUT2D eigenvalue weighted by molar-refractivity contribution is -0.128. The molecule has 0 heterocycles. The van der Waals surface area contributed by atoms with E-state index in [1.165, 1.54) is 12.8 Å². The number of halogens is 1. The summed E-state index contributed by atoms with van der Waals surface area (Å²) in [5, 5.41) is 3.31. The SMILES string of the molecule is CC1CCC(C)(NC(=O)C2CCCC(N)C2)CC1.Cl. The third kappa shape index (κ3) is 4.64. The van der Waals surface area contributed by atoms with Gasteiger partial charge in [-0.3, -0.25) is 4.79 Å². The van der Waals surface area contributed by atoms with Gasteiger partial charge in [-0.1, -0.05) is 13.3 Å². The molecule has 2 aliphatic rings. The monoisotopic (exact) mass is 288 g/mol. The molecular formula is C15H29ClN2O. The van der Waals surface area contributed by atoms with Gasteiger partial charge in [0.1, 0.15) is 0 Å². The van der Waals surface area contributed by atoms with Gasteiger partial charge in [0.05, 0.1) is 0 Å². The molecule has 0 aromatic rings. The van der Waals surface area contributed by atoms with E-state index in [9.17, 15) is 4.79 Å². The van der Waals surface area contributed by atoms with Crippen molar-refractivity contribution >= 4 is 18.3 Å². The Kier molecular flexibility index (Phi) is 6.13. The van der Waals surface area contributed by atoms with Crippen molar-refractivity contribution in [1.82, 2.24) is 5.32 Å². The van der Waals surface area contributed by atoms with Gasteiger partial charge in [-0.25, -0.2) is 0 Å². The Morgan fingerprint density at radius 3 is 2.42 bits per heavy atom. The van der Waals surface area contributed by atoms with Crippen LogP contribution in [0.4, 0.5) is 0 Å². The maximum atomic E-state index is 12.3. The minimum atomic E-state index is 0. The van der Waals surface area contributed by atoms with E-state index >= 15 is 0 Å². The molecule has 4 heteroatoms. The number of nitrogens with one attached hydrogen (secondary N) is 1. The Balaban J connectivity index is 0.00000180.